The van der Waals surface area contributed by atoms with Gasteiger partial charge in [-0.2, -0.15) is 5.10 Å². The third-order valence-electron chi connectivity index (χ3n) is 7.02. The number of aliphatic hydroxyl groups is 1. The van der Waals surface area contributed by atoms with Crippen molar-refractivity contribution in [1.29, 1.82) is 0 Å². The molecule has 3 aromatic carbocycles. The molecule has 0 fully saturated rings. The Labute approximate surface area is 253 Å². The number of rotatable bonds is 9. The Kier molecular flexibility index (Phi) is 10.6. The molecule has 0 saturated carbocycles. The second-order valence-electron chi connectivity index (χ2n) is 10.2. The van der Waals surface area contributed by atoms with Gasteiger partial charge in [0.05, 0.1) is 9.52 Å². The van der Waals surface area contributed by atoms with E-state index in [4.69, 9.17) is 0 Å². The maximum absolute atomic E-state index is 13.2. The quantitative estimate of drug-likeness (QED) is 0.166. The summed E-state index contributed by atoms with van der Waals surface area (Å²) in [4.78, 5) is 11.7. The standard InChI is InChI=1S/C16H15F2N3Si.C15H15F3N2O2/c17-14-5-1-12(2-6-14)16(13-3-7-15(18)8-4-13)22-11-21-10-19-9-20-21;1-10(2)14(21,12-7-19-9-20-8-12)11-3-5-13(6-4-11)22-15(16,17)18/h1-10,16H,11,22H2;3-10,21H,1-2H3. The molecule has 0 bridgehead atoms. The smallest absolute Gasteiger partial charge is 0.406 e. The third-order valence-corrected chi connectivity index (χ3v) is 9.26. The van der Waals surface area contributed by atoms with Crippen molar-refractivity contribution in [2.75, 3.05) is 0 Å². The van der Waals surface area contributed by atoms with Gasteiger partial charge in [-0.1, -0.05) is 50.2 Å². The van der Waals surface area contributed by atoms with Gasteiger partial charge in [-0.05, 0) is 64.5 Å². The third kappa shape index (κ3) is 8.54. The van der Waals surface area contributed by atoms with Gasteiger partial charge in [-0.25, -0.2) is 23.7 Å². The van der Waals surface area contributed by atoms with Crippen molar-refractivity contribution >= 4 is 9.52 Å². The van der Waals surface area contributed by atoms with Crippen molar-refractivity contribution in [3.8, 4) is 5.75 Å². The molecule has 0 spiro atoms. The van der Waals surface area contributed by atoms with Crippen LogP contribution in [0.25, 0.3) is 0 Å². The summed E-state index contributed by atoms with van der Waals surface area (Å²) in [6, 6.07) is 18.2. The molecule has 5 rings (SSSR count). The molecule has 0 radical (unpaired) electrons. The lowest BCUT2D eigenvalue weighted by molar-refractivity contribution is -0.274. The number of halogens is 5. The summed E-state index contributed by atoms with van der Waals surface area (Å²) in [7, 11) is -0.649. The Morgan fingerprint density at radius 2 is 1.32 bits per heavy atom. The maximum Gasteiger partial charge on any atom is 0.573 e. The lowest BCUT2D eigenvalue weighted by atomic mass is 9.79. The van der Waals surface area contributed by atoms with Gasteiger partial charge < -0.3 is 9.84 Å². The minimum Gasteiger partial charge on any atom is -0.406 e. The van der Waals surface area contributed by atoms with Crippen LogP contribution in [-0.2, 0) is 11.8 Å². The van der Waals surface area contributed by atoms with Gasteiger partial charge in [0, 0.05) is 24.1 Å². The zero-order chi connectivity index (χ0) is 31.7. The molecule has 5 aromatic rings. The van der Waals surface area contributed by atoms with Crippen LogP contribution in [0, 0.1) is 17.6 Å². The molecule has 230 valence electrons. The molecule has 1 N–H and O–H groups in total. The van der Waals surface area contributed by atoms with E-state index in [9.17, 15) is 27.1 Å². The molecule has 44 heavy (non-hydrogen) atoms. The zero-order valence-electron chi connectivity index (χ0n) is 23.9. The van der Waals surface area contributed by atoms with E-state index in [-0.39, 0.29) is 28.8 Å². The highest BCUT2D eigenvalue weighted by atomic mass is 28.2. The Morgan fingerprint density at radius 1 is 0.773 bits per heavy atom. The highest BCUT2D eigenvalue weighted by Gasteiger charge is 2.36. The molecule has 1 atom stereocenters. The first-order chi connectivity index (χ1) is 21.0. The van der Waals surface area contributed by atoms with Crippen LogP contribution in [0.4, 0.5) is 22.0 Å². The van der Waals surface area contributed by atoms with Gasteiger partial charge in [-0.15, -0.1) is 13.2 Å². The van der Waals surface area contributed by atoms with Crippen LogP contribution in [0.2, 0.25) is 0 Å². The molecule has 7 nitrogen and oxygen atoms in total. The topological polar surface area (TPSA) is 86.0 Å². The molecule has 0 aliphatic heterocycles. The average molecular weight is 628 g/mol. The van der Waals surface area contributed by atoms with Crippen molar-refractivity contribution < 1.29 is 31.8 Å². The highest BCUT2D eigenvalue weighted by molar-refractivity contribution is 6.37. The summed E-state index contributed by atoms with van der Waals surface area (Å²) < 4.78 is 68.5. The molecule has 2 aromatic heterocycles. The van der Waals surface area contributed by atoms with E-state index in [0.29, 0.717) is 11.1 Å². The van der Waals surface area contributed by atoms with E-state index in [1.807, 2.05) is 4.68 Å². The van der Waals surface area contributed by atoms with Crippen LogP contribution in [0.3, 0.4) is 0 Å². The van der Waals surface area contributed by atoms with Crippen LogP contribution >= 0.6 is 0 Å². The largest absolute Gasteiger partial charge is 0.573 e. The van der Waals surface area contributed by atoms with Gasteiger partial charge in [0.2, 0.25) is 0 Å². The molecule has 0 aliphatic rings. The van der Waals surface area contributed by atoms with Crippen LogP contribution in [0.15, 0.2) is 104 Å². The number of ether oxygens (including phenoxy) is 1. The molecule has 1 unspecified atom stereocenters. The molecule has 0 amide bonds. The lowest BCUT2D eigenvalue weighted by Gasteiger charge is -2.32. The summed E-state index contributed by atoms with van der Waals surface area (Å²) >= 11 is 0. The van der Waals surface area contributed by atoms with E-state index >= 15 is 0 Å². The Morgan fingerprint density at radius 3 is 1.77 bits per heavy atom. The Balaban J connectivity index is 0.000000201. The van der Waals surface area contributed by atoms with E-state index in [1.165, 1.54) is 73.6 Å². The Bertz CT molecular complexity index is 1530. The molecule has 0 aliphatic carbocycles. The fraction of sp³-hybridized carbons (Fsp3) is 0.226. The van der Waals surface area contributed by atoms with Crippen molar-refractivity contribution in [2.24, 2.45) is 5.92 Å². The lowest BCUT2D eigenvalue weighted by Crippen LogP contribution is -2.33. The van der Waals surface area contributed by atoms with Gasteiger partial charge in [-0.3, -0.25) is 4.68 Å². The number of alkyl halides is 3. The SMILES string of the molecule is CC(C)C(O)(c1ccc(OC(F)(F)F)cc1)c1cncnc1.Fc1ccc(C([SiH2]Cn2cncn2)c2ccc(F)cc2)cc1. The van der Waals surface area contributed by atoms with Gasteiger partial charge in [0.1, 0.15) is 42.0 Å². The predicted octanol–water partition coefficient (Wildman–Crippen LogP) is 5.74. The van der Waals surface area contributed by atoms with Crippen LogP contribution in [0.1, 0.15) is 41.6 Å². The highest BCUT2D eigenvalue weighted by Crippen LogP contribution is 2.37. The van der Waals surface area contributed by atoms with E-state index in [0.717, 1.165) is 17.3 Å². The molecule has 2 heterocycles. The van der Waals surface area contributed by atoms with Gasteiger partial charge in [0.25, 0.3) is 0 Å². The zero-order valence-corrected chi connectivity index (χ0v) is 25.3. The Hall–Kier alpha value is -4.49. The minimum atomic E-state index is -4.75. The summed E-state index contributed by atoms with van der Waals surface area (Å²) in [5.74, 6) is -1.08. The van der Waals surface area contributed by atoms with Gasteiger partial charge in [0.15, 0.2) is 0 Å². The molecular formula is C31H30F5N5O2Si. The summed E-state index contributed by atoms with van der Waals surface area (Å²) in [5, 5.41) is 15.1. The first kappa shape index (κ1) is 32.4. The fourth-order valence-corrected chi connectivity index (χ4v) is 6.73. The molecule has 0 saturated heterocycles. The predicted molar refractivity (Wildman–Crippen MR) is 156 cm³/mol. The number of nitrogens with zero attached hydrogens (tertiary/aromatic N) is 5. The van der Waals surface area contributed by atoms with Crippen molar-refractivity contribution in [3.63, 3.8) is 0 Å². The van der Waals surface area contributed by atoms with Crippen molar-refractivity contribution in [2.45, 2.75) is 37.5 Å². The van der Waals surface area contributed by atoms with Crippen molar-refractivity contribution in [3.05, 3.63) is 138 Å². The number of aromatic nitrogens is 5. The minimum absolute atomic E-state index is 0.186. The van der Waals surface area contributed by atoms with E-state index in [2.05, 4.69) is 24.8 Å². The van der Waals surface area contributed by atoms with Crippen LogP contribution in [-0.4, -0.2) is 45.7 Å². The first-order valence-electron chi connectivity index (χ1n) is 13.6. The number of benzene rings is 3. The number of hydrogen-bond donors (Lipinski definition) is 1. The maximum atomic E-state index is 13.2. The summed E-state index contributed by atoms with van der Waals surface area (Å²) in [6.07, 6.45) is 3.58. The second kappa shape index (κ2) is 14.3. The molecular weight excluding hydrogens is 597 g/mol. The second-order valence-corrected chi connectivity index (χ2v) is 12.1. The normalized spacial score (nSPS) is 13.1. The first-order valence-corrected chi connectivity index (χ1v) is 15.4. The van der Waals surface area contributed by atoms with Crippen LogP contribution < -0.4 is 4.74 Å². The van der Waals surface area contributed by atoms with E-state index in [1.54, 1.807) is 44.4 Å². The summed E-state index contributed by atoms with van der Waals surface area (Å²) in [5.41, 5.74) is 1.80. The average Bonchev–Trinajstić information content (AvgIpc) is 3.53. The van der Waals surface area contributed by atoms with Crippen LogP contribution in [0.5, 0.6) is 5.75 Å². The monoisotopic (exact) mass is 627 g/mol. The van der Waals surface area contributed by atoms with Gasteiger partial charge >= 0.3 is 6.36 Å². The van der Waals surface area contributed by atoms with Crippen molar-refractivity contribution in [1.82, 2.24) is 24.7 Å². The molecule has 13 heteroatoms. The summed E-state index contributed by atoms with van der Waals surface area (Å²) in [6.45, 7) is 3.60. The fourth-order valence-electron chi connectivity index (χ4n) is 4.77. The van der Waals surface area contributed by atoms with E-state index < -0.39 is 21.5 Å². The number of hydrogen-bond acceptors (Lipinski definition) is 6.